The Labute approximate surface area is 150 Å². The summed E-state index contributed by atoms with van der Waals surface area (Å²) in [5.41, 5.74) is 4.93. The van der Waals surface area contributed by atoms with Gasteiger partial charge in [-0.3, -0.25) is 0 Å². The Hall–Kier alpha value is -3.28. The predicted molar refractivity (Wildman–Crippen MR) is 100 cm³/mol. The van der Waals surface area contributed by atoms with Gasteiger partial charge in [0, 0.05) is 18.7 Å². The van der Waals surface area contributed by atoms with Gasteiger partial charge in [0.1, 0.15) is 11.6 Å². The van der Waals surface area contributed by atoms with Gasteiger partial charge in [-0.05, 0) is 30.2 Å². The largest absolute Gasteiger partial charge is 0.496 e. The fourth-order valence-electron chi connectivity index (χ4n) is 3.35. The van der Waals surface area contributed by atoms with Crippen LogP contribution >= 0.6 is 0 Å². The van der Waals surface area contributed by atoms with E-state index in [4.69, 9.17) is 14.8 Å². The van der Waals surface area contributed by atoms with E-state index in [-0.39, 0.29) is 0 Å². The average molecular weight is 349 g/mol. The highest BCUT2D eigenvalue weighted by Gasteiger charge is 2.19. The number of carboxylic acid groups (broad SMARTS) is 1. The smallest absolute Gasteiger partial charge is 0.407 e. The third kappa shape index (κ3) is 2.79. The van der Waals surface area contributed by atoms with Crippen molar-refractivity contribution in [1.82, 2.24) is 14.9 Å². The van der Waals surface area contributed by atoms with Crippen LogP contribution in [0.1, 0.15) is 12.0 Å². The first-order chi connectivity index (χ1) is 12.7. The summed E-state index contributed by atoms with van der Waals surface area (Å²) in [7, 11) is 1.65. The molecule has 1 aromatic heterocycles. The van der Waals surface area contributed by atoms with E-state index >= 15 is 0 Å². The van der Waals surface area contributed by atoms with Gasteiger partial charge in [-0.25, -0.2) is 9.78 Å². The van der Waals surface area contributed by atoms with Gasteiger partial charge in [0.2, 0.25) is 0 Å². The number of imidazole rings is 1. The summed E-state index contributed by atoms with van der Waals surface area (Å²) in [6.07, 6.45) is 1.78. The first kappa shape index (κ1) is 16.2. The average Bonchev–Trinajstić information content (AvgIpc) is 3.12. The zero-order valence-electron chi connectivity index (χ0n) is 14.4. The number of nitrogens with zero attached hydrogens (tertiary/aromatic N) is 2. The van der Waals surface area contributed by atoms with E-state index < -0.39 is 6.09 Å². The molecule has 1 amide bonds. The molecule has 0 spiro atoms. The number of rotatable bonds is 3. The number of amides is 1. The minimum absolute atomic E-state index is 0.408. The highest BCUT2D eigenvalue weighted by Crippen LogP contribution is 2.33. The number of ether oxygens (including phenoxy) is 1. The lowest BCUT2D eigenvalue weighted by atomic mass is 9.98. The summed E-state index contributed by atoms with van der Waals surface area (Å²) in [4.78, 5) is 20.7. The van der Waals surface area contributed by atoms with Crippen molar-refractivity contribution < 1.29 is 14.6 Å². The Bertz CT molecular complexity index is 1010. The molecule has 0 fully saturated rings. The maximum atomic E-state index is 11.1. The van der Waals surface area contributed by atoms with Crippen LogP contribution in [0.5, 0.6) is 5.75 Å². The van der Waals surface area contributed by atoms with Gasteiger partial charge in [-0.15, -0.1) is 0 Å². The van der Waals surface area contributed by atoms with E-state index in [0.29, 0.717) is 19.5 Å². The van der Waals surface area contributed by atoms with Crippen LogP contribution < -0.4 is 4.74 Å². The third-order valence-electron chi connectivity index (χ3n) is 4.70. The monoisotopic (exact) mass is 349 g/mol. The van der Waals surface area contributed by atoms with Crippen molar-refractivity contribution in [2.24, 2.45) is 0 Å². The number of carbonyl (C=O) groups is 1. The molecule has 0 bridgehead atoms. The second-order valence-electron chi connectivity index (χ2n) is 6.20. The number of aromatic amines is 1. The predicted octanol–water partition coefficient (Wildman–Crippen LogP) is 4.01. The van der Waals surface area contributed by atoms with Crippen molar-refractivity contribution >= 4 is 22.7 Å². The molecule has 132 valence electrons. The zero-order chi connectivity index (χ0) is 18.1. The van der Waals surface area contributed by atoms with Crippen LogP contribution in [0.2, 0.25) is 0 Å². The molecular formula is C20H19N3O3. The van der Waals surface area contributed by atoms with Crippen molar-refractivity contribution in [3.8, 4) is 17.1 Å². The lowest BCUT2D eigenvalue weighted by molar-refractivity contribution is 0.150. The van der Waals surface area contributed by atoms with Crippen LogP contribution in [0, 0.1) is 0 Å². The minimum Gasteiger partial charge on any atom is -0.496 e. The lowest BCUT2D eigenvalue weighted by Crippen LogP contribution is -2.33. The first-order valence-electron chi connectivity index (χ1n) is 8.47. The number of nitrogens with one attached hydrogen (secondary N) is 1. The van der Waals surface area contributed by atoms with Gasteiger partial charge in [0.25, 0.3) is 0 Å². The fraction of sp³-hybridized carbons (Fsp3) is 0.200. The molecule has 4 rings (SSSR count). The van der Waals surface area contributed by atoms with Gasteiger partial charge >= 0.3 is 6.09 Å². The van der Waals surface area contributed by atoms with E-state index in [2.05, 4.69) is 4.98 Å². The van der Waals surface area contributed by atoms with E-state index in [1.807, 2.05) is 48.5 Å². The van der Waals surface area contributed by atoms with E-state index in [9.17, 15) is 4.79 Å². The van der Waals surface area contributed by atoms with Gasteiger partial charge in [-0.2, -0.15) is 0 Å². The summed E-state index contributed by atoms with van der Waals surface area (Å²) in [5, 5.41) is 9.11. The number of hydrogen-bond donors (Lipinski definition) is 2. The molecular weight excluding hydrogens is 330 g/mol. The second-order valence-corrected chi connectivity index (χ2v) is 6.20. The van der Waals surface area contributed by atoms with Crippen LogP contribution in [-0.2, 0) is 0 Å². The van der Waals surface area contributed by atoms with Crippen LogP contribution in [0.25, 0.3) is 28.0 Å². The zero-order valence-corrected chi connectivity index (χ0v) is 14.4. The molecule has 6 heteroatoms. The number of H-pyrrole nitrogens is 1. The SMILES string of the molecule is COc1ccccc1-c1nc2c(C3=CCN(C(=O)O)CC3)cccc2[nH]1. The summed E-state index contributed by atoms with van der Waals surface area (Å²) < 4.78 is 5.44. The molecule has 2 heterocycles. The Morgan fingerprint density at radius 1 is 1.19 bits per heavy atom. The second kappa shape index (κ2) is 6.55. The maximum Gasteiger partial charge on any atom is 0.407 e. The van der Waals surface area contributed by atoms with Gasteiger partial charge < -0.3 is 19.7 Å². The lowest BCUT2D eigenvalue weighted by Gasteiger charge is -2.23. The van der Waals surface area contributed by atoms with Gasteiger partial charge in [-0.1, -0.05) is 30.3 Å². The minimum atomic E-state index is -0.878. The number of aromatic nitrogens is 2. The Morgan fingerprint density at radius 3 is 2.73 bits per heavy atom. The highest BCUT2D eigenvalue weighted by molar-refractivity contribution is 5.91. The molecule has 0 saturated carbocycles. The molecule has 0 saturated heterocycles. The molecule has 0 aliphatic carbocycles. The number of para-hydroxylation sites is 2. The molecule has 0 radical (unpaired) electrons. The molecule has 1 aliphatic rings. The summed E-state index contributed by atoms with van der Waals surface area (Å²) in [6, 6.07) is 13.8. The topological polar surface area (TPSA) is 78.4 Å². The van der Waals surface area contributed by atoms with Crippen molar-refractivity contribution in [3.63, 3.8) is 0 Å². The highest BCUT2D eigenvalue weighted by atomic mass is 16.5. The molecule has 2 N–H and O–H groups in total. The van der Waals surface area contributed by atoms with E-state index in [1.54, 1.807) is 7.11 Å². The molecule has 26 heavy (non-hydrogen) atoms. The first-order valence-corrected chi connectivity index (χ1v) is 8.47. The maximum absolute atomic E-state index is 11.1. The van der Waals surface area contributed by atoms with Crippen molar-refractivity contribution in [2.45, 2.75) is 6.42 Å². The summed E-state index contributed by atoms with van der Waals surface area (Å²) in [5.74, 6) is 1.52. The van der Waals surface area contributed by atoms with Crippen molar-refractivity contribution in [1.29, 1.82) is 0 Å². The molecule has 2 aromatic carbocycles. The number of hydrogen-bond acceptors (Lipinski definition) is 3. The van der Waals surface area contributed by atoms with E-state index in [1.165, 1.54) is 4.90 Å². The molecule has 0 atom stereocenters. The Balaban J connectivity index is 1.77. The quantitative estimate of drug-likeness (QED) is 0.749. The van der Waals surface area contributed by atoms with Crippen LogP contribution in [-0.4, -0.2) is 46.3 Å². The molecule has 1 aliphatic heterocycles. The summed E-state index contributed by atoms with van der Waals surface area (Å²) in [6.45, 7) is 0.909. The normalized spacial score (nSPS) is 14.3. The fourth-order valence-corrected chi connectivity index (χ4v) is 3.35. The standard InChI is InChI=1S/C20H19N3O3/c1-26-17-8-3-2-5-15(17)19-21-16-7-4-6-14(18(16)22-19)13-9-11-23(12-10-13)20(24)25/h2-9H,10-12H2,1H3,(H,21,22)(H,24,25). The van der Waals surface area contributed by atoms with Crippen LogP contribution in [0.4, 0.5) is 4.79 Å². The number of fused-ring (bicyclic) bond motifs is 1. The van der Waals surface area contributed by atoms with E-state index in [0.717, 1.165) is 39.3 Å². The van der Waals surface area contributed by atoms with Crippen molar-refractivity contribution in [3.05, 3.63) is 54.1 Å². The molecule has 3 aromatic rings. The van der Waals surface area contributed by atoms with Gasteiger partial charge in [0.15, 0.2) is 0 Å². The molecule has 6 nitrogen and oxygen atoms in total. The Morgan fingerprint density at radius 2 is 2.00 bits per heavy atom. The number of methoxy groups -OCH3 is 1. The van der Waals surface area contributed by atoms with Crippen molar-refractivity contribution in [2.75, 3.05) is 20.2 Å². The molecule has 0 unspecified atom stereocenters. The van der Waals surface area contributed by atoms with Crippen LogP contribution in [0.15, 0.2) is 48.5 Å². The van der Waals surface area contributed by atoms with Gasteiger partial charge in [0.05, 0.1) is 23.7 Å². The third-order valence-corrected chi connectivity index (χ3v) is 4.70. The Kier molecular flexibility index (Phi) is 4.08. The van der Waals surface area contributed by atoms with Crippen LogP contribution in [0.3, 0.4) is 0 Å². The number of benzene rings is 2. The summed E-state index contributed by atoms with van der Waals surface area (Å²) >= 11 is 0.